The van der Waals surface area contributed by atoms with Gasteiger partial charge in [-0.3, -0.25) is 9.78 Å². The molecular formula is C25H18N8O2. The van der Waals surface area contributed by atoms with Crippen molar-refractivity contribution < 1.29 is 9.21 Å². The predicted octanol–water partition coefficient (Wildman–Crippen LogP) is 2.91. The van der Waals surface area contributed by atoms with E-state index in [1.807, 2.05) is 60.7 Å². The summed E-state index contributed by atoms with van der Waals surface area (Å²) in [5.41, 5.74) is 9.85. The van der Waals surface area contributed by atoms with Crippen molar-refractivity contribution in [3.63, 3.8) is 0 Å². The number of benzene rings is 2. The third-order valence-electron chi connectivity index (χ3n) is 5.24. The maximum Gasteiger partial charge on any atom is 0.317 e. The number of carbonyl (C=O) groups excluding carboxylic acids is 1. The van der Waals surface area contributed by atoms with Crippen molar-refractivity contribution in [2.24, 2.45) is 10.7 Å². The van der Waals surface area contributed by atoms with E-state index in [2.05, 4.69) is 25.8 Å². The maximum absolute atomic E-state index is 13.0. The Morgan fingerprint density at radius 2 is 1.91 bits per heavy atom. The lowest BCUT2D eigenvalue weighted by Crippen LogP contribution is -2.32. The zero-order valence-corrected chi connectivity index (χ0v) is 18.2. The highest BCUT2D eigenvalue weighted by Gasteiger charge is 2.27. The number of hydrogen-bond acceptors (Lipinski definition) is 9. The van der Waals surface area contributed by atoms with Crippen LogP contribution in [0.15, 0.2) is 88.5 Å². The average Bonchev–Trinajstić information content (AvgIpc) is 3.30. The molecule has 1 unspecified atom stereocenters. The summed E-state index contributed by atoms with van der Waals surface area (Å²) in [5.74, 6) is -0.316. The molecule has 0 bridgehead atoms. The molecule has 0 saturated carbocycles. The van der Waals surface area contributed by atoms with E-state index in [4.69, 9.17) is 20.4 Å². The van der Waals surface area contributed by atoms with Gasteiger partial charge in [-0.15, -0.1) is 5.10 Å². The molecule has 2 aromatic carbocycles. The number of para-hydroxylation sites is 1. The second-order valence-corrected chi connectivity index (χ2v) is 7.46. The summed E-state index contributed by atoms with van der Waals surface area (Å²) < 4.78 is 5.72. The van der Waals surface area contributed by atoms with Gasteiger partial charge >= 0.3 is 6.01 Å². The lowest BCUT2D eigenvalue weighted by Gasteiger charge is -2.11. The summed E-state index contributed by atoms with van der Waals surface area (Å²) in [7, 11) is 0. The number of nitrogens with one attached hydrogen (secondary N) is 2. The van der Waals surface area contributed by atoms with E-state index >= 15 is 0 Å². The molecule has 0 radical (unpaired) electrons. The number of fused-ring (bicyclic) bond motifs is 1. The molecule has 5 rings (SSSR count). The van der Waals surface area contributed by atoms with Gasteiger partial charge in [0.15, 0.2) is 0 Å². The summed E-state index contributed by atoms with van der Waals surface area (Å²) in [5, 5.41) is 23.0. The highest BCUT2D eigenvalue weighted by molar-refractivity contribution is 6.19. The number of pyridine rings is 1. The Hall–Kier alpha value is -5.30. The summed E-state index contributed by atoms with van der Waals surface area (Å²) in [6.07, 6.45) is 1.71. The van der Waals surface area contributed by atoms with E-state index in [9.17, 15) is 4.79 Å². The number of benzodiazepines with no additional fused rings is 1. The van der Waals surface area contributed by atoms with Crippen molar-refractivity contribution in [3.8, 4) is 6.07 Å². The first-order valence-electron chi connectivity index (χ1n) is 10.6. The van der Waals surface area contributed by atoms with Gasteiger partial charge in [-0.2, -0.15) is 5.26 Å². The Bertz CT molecular complexity index is 1500. The van der Waals surface area contributed by atoms with E-state index in [0.29, 0.717) is 28.2 Å². The highest BCUT2D eigenvalue weighted by atomic mass is 16.4. The first-order chi connectivity index (χ1) is 17.2. The standard InChI is InChI=1S/C25H18N8O2/c26-13-15-10-11-28-20(12-15)18(14-27)24-32-33-25(35-24)31-22-23(34)29-19-9-5-4-8-17(19)21(30-22)16-6-2-1-3-7-16/h1-12,14,22H,27H2,(H,29,34)(H,31,33). The summed E-state index contributed by atoms with van der Waals surface area (Å²) in [4.78, 5) is 21.9. The number of nitriles is 1. The summed E-state index contributed by atoms with van der Waals surface area (Å²) in [6.45, 7) is 0. The Morgan fingerprint density at radius 3 is 2.71 bits per heavy atom. The third-order valence-corrected chi connectivity index (χ3v) is 5.24. The smallest absolute Gasteiger partial charge is 0.317 e. The van der Waals surface area contributed by atoms with Crippen molar-refractivity contribution >= 4 is 28.9 Å². The monoisotopic (exact) mass is 462 g/mol. The number of rotatable bonds is 5. The molecule has 0 saturated heterocycles. The van der Waals surface area contributed by atoms with Crippen molar-refractivity contribution in [3.05, 3.63) is 107 Å². The fraction of sp³-hybridized carbons (Fsp3) is 0.0400. The molecule has 3 heterocycles. The van der Waals surface area contributed by atoms with Gasteiger partial charge in [0.05, 0.1) is 34.3 Å². The second-order valence-electron chi connectivity index (χ2n) is 7.46. The predicted molar refractivity (Wildman–Crippen MR) is 129 cm³/mol. The van der Waals surface area contributed by atoms with Crippen LogP contribution >= 0.6 is 0 Å². The molecule has 1 aliphatic heterocycles. The molecule has 4 aromatic rings. The van der Waals surface area contributed by atoms with Crippen molar-refractivity contribution in [2.75, 3.05) is 10.6 Å². The highest BCUT2D eigenvalue weighted by Crippen LogP contribution is 2.26. The van der Waals surface area contributed by atoms with Crippen LogP contribution in [0.3, 0.4) is 0 Å². The van der Waals surface area contributed by atoms with Crippen LogP contribution in [0.1, 0.15) is 28.3 Å². The maximum atomic E-state index is 13.0. The quantitative estimate of drug-likeness (QED) is 0.409. The number of nitrogens with zero attached hydrogens (tertiary/aromatic N) is 5. The number of carbonyl (C=O) groups is 1. The van der Waals surface area contributed by atoms with E-state index in [1.165, 1.54) is 12.4 Å². The normalized spacial score (nSPS) is 15.3. The lowest BCUT2D eigenvalue weighted by molar-refractivity contribution is -0.116. The SMILES string of the molecule is N#Cc1ccnc(C(=CN)c2nnc(NC3N=C(c4ccccc4)c4ccccc4NC3=O)o2)c1. The van der Waals surface area contributed by atoms with Crippen LogP contribution in [0.2, 0.25) is 0 Å². The molecule has 1 aliphatic rings. The zero-order valence-electron chi connectivity index (χ0n) is 18.2. The molecule has 1 amide bonds. The van der Waals surface area contributed by atoms with Gasteiger partial charge in [0, 0.05) is 23.5 Å². The van der Waals surface area contributed by atoms with Gasteiger partial charge in [0.25, 0.3) is 11.8 Å². The Kier molecular flexibility index (Phi) is 5.71. The van der Waals surface area contributed by atoms with Gasteiger partial charge in [-0.05, 0) is 18.2 Å². The average molecular weight is 462 g/mol. The fourth-order valence-corrected chi connectivity index (χ4v) is 3.60. The van der Waals surface area contributed by atoms with Crippen LogP contribution in [0, 0.1) is 11.3 Å². The van der Waals surface area contributed by atoms with E-state index in [0.717, 1.165) is 11.1 Å². The molecule has 1 atom stereocenters. The molecule has 170 valence electrons. The summed E-state index contributed by atoms with van der Waals surface area (Å²) >= 11 is 0. The van der Waals surface area contributed by atoms with Crippen LogP contribution in [0.4, 0.5) is 11.7 Å². The lowest BCUT2D eigenvalue weighted by atomic mass is 10.0. The molecule has 10 heteroatoms. The first kappa shape index (κ1) is 21.5. The molecule has 2 aromatic heterocycles. The fourth-order valence-electron chi connectivity index (χ4n) is 3.60. The zero-order chi connectivity index (χ0) is 24.2. The third kappa shape index (κ3) is 4.34. The van der Waals surface area contributed by atoms with Gasteiger partial charge < -0.3 is 20.8 Å². The summed E-state index contributed by atoms with van der Waals surface area (Å²) in [6, 6.07) is 22.2. The minimum atomic E-state index is -1.05. The van der Waals surface area contributed by atoms with Gasteiger partial charge in [0.1, 0.15) is 0 Å². The number of aliphatic imine (C=N–C) groups is 1. The van der Waals surface area contributed by atoms with E-state index < -0.39 is 6.17 Å². The minimum Gasteiger partial charge on any atom is -0.404 e. The molecule has 35 heavy (non-hydrogen) atoms. The Morgan fingerprint density at radius 1 is 1.11 bits per heavy atom. The van der Waals surface area contributed by atoms with Crippen molar-refractivity contribution in [1.29, 1.82) is 5.26 Å². The Labute approximate surface area is 199 Å². The number of aromatic nitrogens is 3. The molecule has 0 aliphatic carbocycles. The number of nitrogens with two attached hydrogens (primary N) is 1. The molecule has 4 N–H and O–H groups in total. The minimum absolute atomic E-state index is 0.0296. The van der Waals surface area contributed by atoms with Gasteiger partial charge in [0.2, 0.25) is 6.17 Å². The van der Waals surface area contributed by atoms with Crippen LogP contribution in [-0.4, -0.2) is 33.0 Å². The van der Waals surface area contributed by atoms with Gasteiger partial charge in [-0.1, -0.05) is 53.6 Å². The van der Waals surface area contributed by atoms with Crippen molar-refractivity contribution in [1.82, 2.24) is 15.2 Å². The van der Waals surface area contributed by atoms with Gasteiger partial charge in [-0.25, -0.2) is 4.99 Å². The number of hydrogen-bond donors (Lipinski definition) is 3. The number of anilines is 2. The largest absolute Gasteiger partial charge is 0.404 e. The molecule has 10 nitrogen and oxygen atoms in total. The molecule has 0 spiro atoms. The molecule has 0 fully saturated rings. The first-order valence-corrected chi connectivity index (χ1v) is 10.6. The Balaban J connectivity index is 1.47. The van der Waals surface area contributed by atoms with Crippen LogP contribution in [0.25, 0.3) is 5.57 Å². The van der Waals surface area contributed by atoms with E-state index in [-0.39, 0.29) is 17.8 Å². The number of amides is 1. The van der Waals surface area contributed by atoms with Crippen LogP contribution < -0.4 is 16.4 Å². The van der Waals surface area contributed by atoms with E-state index in [1.54, 1.807) is 12.1 Å². The van der Waals surface area contributed by atoms with Crippen molar-refractivity contribution in [2.45, 2.75) is 6.17 Å². The topological polar surface area (TPSA) is 155 Å². The second kappa shape index (κ2) is 9.29. The molecular weight excluding hydrogens is 444 g/mol. The van der Waals surface area contributed by atoms with Crippen LogP contribution in [0.5, 0.6) is 0 Å². The van der Waals surface area contributed by atoms with Crippen LogP contribution in [-0.2, 0) is 4.79 Å².